The molecule has 0 saturated carbocycles. The Morgan fingerprint density at radius 3 is 2.81 bits per heavy atom. The van der Waals surface area contributed by atoms with Gasteiger partial charge in [-0.1, -0.05) is 19.1 Å². The van der Waals surface area contributed by atoms with Gasteiger partial charge in [-0.3, -0.25) is 4.79 Å². The number of carbonyl (C=O) groups is 1. The summed E-state index contributed by atoms with van der Waals surface area (Å²) in [5.74, 6) is -0.454. The van der Waals surface area contributed by atoms with Crippen LogP contribution in [0.5, 0.6) is 0 Å². The number of nitrogens with one attached hydrogen (secondary N) is 1. The van der Waals surface area contributed by atoms with Gasteiger partial charge < -0.3 is 11.1 Å². The Hall–Kier alpha value is -0.940. The molecule has 1 rings (SSSR count). The Bertz CT molecular complexity index is 362. The summed E-state index contributed by atoms with van der Waals surface area (Å²) in [6.07, 6.45) is 0.636. The molecule has 2 unspecified atom stereocenters. The molecule has 16 heavy (non-hydrogen) atoms. The van der Waals surface area contributed by atoms with Crippen molar-refractivity contribution in [1.82, 2.24) is 5.32 Å². The van der Waals surface area contributed by atoms with Crippen LogP contribution in [0.15, 0.2) is 16.8 Å². The van der Waals surface area contributed by atoms with Crippen molar-refractivity contribution in [3.05, 3.63) is 22.4 Å². The summed E-state index contributed by atoms with van der Waals surface area (Å²) in [6.45, 7) is 3.85. The monoisotopic (exact) mass is 256 g/mol. The maximum absolute atomic E-state index is 11.8. The summed E-state index contributed by atoms with van der Waals surface area (Å²) >= 11 is 6.48. The van der Waals surface area contributed by atoms with Crippen LogP contribution in [-0.2, 0) is 4.79 Å². The van der Waals surface area contributed by atoms with Crippen LogP contribution < -0.4 is 11.1 Å². The summed E-state index contributed by atoms with van der Waals surface area (Å²) in [4.78, 5) is 12.1. The largest absolute Gasteiger partial charge is 0.393 e. The molecule has 1 amide bonds. The molecule has 0 aliphatic rings. The van der Waals surface area contributed by atoms with Gasteiger partial charge in [0.2, 0.25) is 5.91 Å². The first-order valence-electron chi connectivity index (χ1n) is 5.18. The zero-order chi connectivity index (χ0) is 12.1. The van der Waals surface area contributed by atoms with Crippen molar-refractivity contribution in [2.75, 3.05) is 0 Å². The number of carbonyl (C=O) groups excluding carboxylic acids is 1. The lowest BCUT2D eigenvalue weighted by Gasteiger charge is -2.17. The highest BCUT2D eigenvalue weighted by atomic mass is 32.1. The van der Waals surface area contributed by atoms with Crippen molar-refractivity contribution >= 4 is 34.5 Å². The Balaban J connectivity index is 2.60. The van der Waals surface area contributed by atoms with Gasteiger partial charge in [0.15, 0.2) is 0 Å². The van der Waals surface area contributed by atoms with Crippen LogP contribution in [-0.4, -0.2) is 10.9 Å². The van der Waals surface area contributed by atoms with Gasteiger partial charge in [-0.25, -0.2) is 0 Å². The van der Waals surface area contributed by atoms with E-state index in [1.165, 1.54) is 0 Å². The van der Waals surface area contributed by atoms with Crippen molar-refractivity contribution in [2.24, 2.45) is 11.7 Å². The topological polar surface area (TPSA) is 55.1 Å². The number of hydrogen-bond acceptors (Lipinski definition) is 3. The minimum Gasteiger partial charge on any atom is -0.393 e. The number of nitrogens with two attached hydrogens (primary N) is 1. The van der Waals surface area contributed by atoms with E-state index in [0.717, 1.165) is 5.56 Å². The van der Waals surface area contributed by atoms with E-state index >= 15 is 0 Å². The molecule has 3 N–H and O–H groups in total. The highest BCUT2D eigenvalue weighted by Crippen LogP contribution is 2.16. The minimum absolute atomic E-state index is 0.00199. The quantitative estimate of drug-likeness (QED) is 0.794. The number of thiophene rings is 1. The number of rotatable bonds is 5. The molecule has 5 heteroatoms. The molecule has 0 aliphatic carbocycles. The molecular weight excluding hydrogens is 240 g/mol. The van der Waals surface area contributed by atoms with Gasteiger partial charge in [0, 0.05) is 0 Å². The number of thiocarbonyl (C=S) groups is 1. The zero-order valence-electron chi connectivity index (χ0n) is 9.40. The van der Waals surface area contributed by atoms with E-state index in [2.05, 4.69) is 5.32 Å². The lowest BCUT2D eigenvalue weighted by atomic mass is 10.0. The summed E-state index contributed by atoms with van der Waals surface area (Å²) in [6, 6.07) is 2.00. The van der Waals surface area contributed by atoms with Gasteiger partial charge in [-0.15, -0.1) is 0 Å². The smallest absolute Gasteiger partial charge is 0.230 e. The van der Waals surface area contributed by atoms with Gasteiger partial charge >= 0.3 is 0 Å². The van der Waals surface area contributed by atoms with E-state index in [-0.39, 0.29) is 22.9 Å². The SMILES string of the molecule is CCC(C(=O)NC(C)c1ccsc1)C(N)=S. The summed E-state index contributed by atoms with van der Waals surface area (Å²) in [7, 11) is 0. The van der Waals surface area contributed by atoms with Crippen molar-refractivity contribution < 1.29 is 4.79 Å². The lowest BCUT2D eigenvalue weighted by molar-refractivity contribution is -0.123. The second-order valence-electron chi connectivity index (χ2n) is 3.65. The predicted molar refractivity (Wildman–Crippen MR) is 71.4 cm³/mol. The fraction of sp³-hybridized carbons (Fsp3) is 0.455. The minimum atomic E-state index is -0.365. The molecule has 1 heterocycles. The molecule has 3 nitrogen and oxygen atoms in total. The number of amides is 1. The van der Waals surface area contributed by atoms with E-state index in [1.54, 1.807) is 11.3 Å². The Morgan fingerprint density at radius 2 is 2.38 bits per heavy atom. The molecule has 0 aliphatic heterocycles. The first-order chi connectivity index (χ1) is 7.56. The maximum atomic E-state index is 11.8. The van der Waals surface area contributed by atoms with Gasteiger partial charge in [0.05, 0.1) is 16.9 Å². The van der Waals surface area contributed by atoms with E-state index in [9.17, 15) is 4.79 Å². The van der Waals surface area contributed by atoms with Gasteiger partial charge in [0.25, 0.3) is 0 Å². The molecule has 2 atom stereocenters. The third-order valence-corrected chi connectivity index (χ3v) is 3.46. The fourth-order valence-corrected chi connectivity index (χ4v) is 2.46. The van der Waals surface area contributed by atoms with Gasteiger partial charge in [0.1, 0.15) is 0 Å². The van der Waals surface area contributed by atoms with E-state index < -0.39 is 0 Å². The van der Waals surface area contributed by atoms with Crippen molar-refractivity contribution in [3.63, 3.8) is 0 Å². The zero-order valence-corrected chi connectivity index (χ0v) is 11.0. The van der Waals surface area contributed by atoms with Gasteiger partial charge in [-0.2, -0.15) is 11.3 Å². The fourth-order valence-electron chi connectivity index (χ4n) is 1.43. The first-order valence-corrected chi connectivity index (χ1v) is 6.53. The second kappa shape index (κ2) is 5.96. The molecule has 0 bridgehead atoms. The molecule has 1 aromatic heterocycles. The summed E-state index contributed by atoms with van der Waals surface area (Å²) < 4.78 is 0. The summed E-state index contributed by atoms with van der Waals surface area (Å²) in [5, 5.41) is 6.92. The van der Waals surface area contributed by atoms with Crippen molar-refractivity contribution in [1.29, 1.82) is 0 Å². The van der Waals surface area contributed by atoms with Crippen LogP contribution in [0.2, 0.25) is 0 Å². The van der Waals surface area contributed by atoms with Crippen molar-refractivity contribution in [3.8, 4) is 0 Å². The van der Waals surface area contributed by atoms with Crippen LogP contribution in [0.1, 0.15) is 31.9 Å². The average Bonchev–Trinajstić information content (AvgIpc) is 2.70. The highest BCUT2D eigenvalue weighted by Gasteiger charge is 2.21. The van der Waals surface area contributed by atoms with E-state index in [1.807, 2.05) is 30.7 Å². The third-order valence-electron chi connectivity index (χ3n) is 2.47. The molecule has 88 valence electrons. The van der Waals surface area contributed by atoms with Crippen LogP contribution in [0.4, 0.5) is 0 Å². The molecule has 0 fully saturated rings. The van der Waals surface area contributed by atoms with E-state index in [0.29, 0.717) is 6.42 Å². The average molecular weight is 256 g/mol. The normalized spacial score (nSPS) is 14.1. The molecule has 0 aromatic carbocycles. The van der Waals surface area contributed by atoms with Crippen LogP contribution in [0.3, 0.4) is 0 Å². The van der Waals surface area contributed by atoms with Crippen LogP contribution in [0.25, 0.3) is 0 Å². The molecule has 0 spiro atoms. The second-order valence-corrected chi connectivity index (χ2v) is 4.90. The maximum Gasteiger partial charge on any atom is 0.230 e. The van der Waals surface area contributed by atoms with Crippen LogP contribution in [0, 0.1) is 5.92 Å². The van der Waals surface area contributed by atoms with Crippen molar-refractivity contribution in [2.45, 2.75) is 26.3 Å². The Kier molecular flexibility index (Phi) is 4.89. The highest BCUT2D eigenvalue weighted by molar-refractivity contribution is 7.80. The standard InChI is InChI=1S/C11H16N2OS2/c1-3-9(10(12)15)11(14)13-7(2)8-4-5-16-6-8/h4-7,9H,3H2,1-2H3,(H2,12,15)(H,13,14). The Labute approximate surface area is 105 Å². The molecular formula is C11H16N2OS2. The van der Waals surface area contributed by atoms with Gasteiger partial charge in [-0.05, 0) is 35.7 Å². The molecule has 0 radical (unpaired) electrons. The molecule has 0 saturated heterocycles. The predicted octanol–water partition coefficient (Wildman–Crippen LogP) is 2.24. The third kappa shape index (κ3) is 3.28. The van der Waals surface area contributed by atoms with Crippen LogP contribution >= 0.6 is 23.6 Å². The summed E-state index contributed by atoms with van der Waals surface area (Å²) in [5.41, 5.74) is 6.62. The van der Waals surface area contributed by atoms with E-state index in [4.69, 9.17) is 18.0 Å². The molecule has 1 aromatic rings. The first kappa shape index (κ1) is 13.1. The Morgan fingerprint density at radius 1 is 1.69 bits per heavy atom. The number of hydrogen-bond donors (Lipinski definition) is 2. The lowest BCUT2D eigenvalue weighted by Crippen LogP contribution is -2.38.